The lowest BCUT2D eigenvalue weighted by Gasteiger charge is -2.31. The Balaban J connectivity index is 1.70. The summed E-state index contributed by atoms with van der Waals surface area (Å²) in [6, 6.07) is 2.00. The highest BCUT2D eigenvalue weighted by Crippen LogP contribution is 2.36. The fourth-order valence-corrected chi connectivity index (χ4v) is 4.04. The molecule has 3 heterocycles. The maximum absolute atomic E-state index is 11.9. The van der Waals surface area contributed by atoms with Gasteiger partial charge in [-0.25, -0.2) is 9.78 Å². The summed E-state index contributed by atoms with van der Waals surface area (Å²) in [5.41, 5.74) is 2.18. The van der Waals surface area contributed by atoms with Crippen LogP contribution in [-0.4, -0.2) is 43.3 Å². The molecule has 2 aromatic heterocycles. The van der Waals surface area contributed by atoms with Crippen molar-refractivity contribution < 1.29 is 9.90 Å². The molecule has 2 aliphatic rings. The highest BCUT2D eigenvalue weighted by molar-refractivity contribution is 5.83. The molecule has 8 heteroatoms. The Kier molecular flexibility index (Phi) is 4.32. The van der Waals surface area contributed by atoms with Gasteiger partial charge >= 0.3 is 5.97 Å². The predicted octanol–water partition coefficient (Wildman–Crippen LogP) is 3.17. The maximum Gasteiger partial charge on any atom is 0.329 e. The van der Waals surface area contributed by atoms with Crippen molar-refractivity contribution in [2.45, 2.75) is 70.8 Å². The molecule has 0 amide bonds. The third kappa shape index (κ3) is 3.10. The van der Waals surface area contributed by atoms with Crippen LogP contribution in [0.4, 0.5) is 17.6 Å². The molecule has 0 spiro atoms. The summed E-state index contributed by atoms with van der Waals surface area (Å²) in [6.07, 6.45) is 4.27. The molecule has 0 unspecified atom stereocenters. The molecule has 4 rings (SSSR count). The standard InChI is InChI=1S/C20H28N6O2/c1-19(2,3)14-11-15(25-24-14)22-16-12-7-5-8-13(12)21-18(23-16)26-10-6-9-20(26,4)17(27)28/h11H,5-10H2,1-4H3,(H,27,28)(H2,21,22,23,24,25)/t20-/m0/s1. The van der Waals surface area contributed by atoms with Crippen molar-refractivity contribution in [3.8, 4) is 0 Å². The Morgan fingerprint density at radius 3 is 2.75 bits per heavy atom. The molecule has 1 aliphatic carbocycles. The molecule has 28 heavy (non-hydrogen) atoms. The second kappa shape index (κ2) is 6.46. The van der Waals surface area contributed by atoms with Crippen molar-refractivity contribution in [2.75, 3.05) is 16.8 Å². The van der Waals surface area contributed by atoms with Gasteiger partial charge in [0.15, 0.2) is 5.82 Å². The number of aromatic nitrogens is 4. The van der Waals surface area contributed by atoms with Gasteiger partial charge in [0.1, 0.15) is 11.4 Å². The van der Waals surface area contributed by atoms with Gasteiger partial charge in [0.2, 0.25) is 5.95 Å². The summed E-state index contributed by atoms with van der Waals surface area (Å²) in [6.45, 7) is 8.80. The number of hydrogen-bond donors (Lipinski definition) is 3. The van der Waals surface area contributed by atoms with Crippen LogP contribution in [0.2, 0.25) is 0 Å². The van der Waals surface area contributed by atoms with Gasteiger partial charge in [0.25, 0.3) is 0 Å². The van der Waals surface area contributed by atoms with Crippen molar-refractivity contribution in [3.63, 3.8) is 0 Å². The molecule has 0 bridgehead atoms. The smallest absolute Gasteiger partial charge is 0.329 e. The van der Waals surface area contributed by atoms with E-state index in [-0.39, 0.29) is 5.41 Å². The summed E-state index contributed by atoms with van der Waals surface area (Å²) in [7, 11) is 0. The molecule has 1 atom stereocenters. The number of carboxylic acids is 1. The topological polar surface area (TPSA) is 107 Å². The highest BCUT2D eigenvalue weighted by Gasteiger charge is 2.45. The fraction of sp³-hybridized carbons (Fsp3) is 0.600. The second-order valence-electron chi connectivity index (χ2n) is 9.03. The number of nitrogens with zero attached hydrogens (tertiary/aromatic N) is 4. The minimum atomic E-state index is -0.962. The van der Waals surface area contributed by atoms with Gasteiger partial charge in [-0.1, -0.05) is 20.8 Å². The number of hydrogen-bond acceptors (Lipinski definition) is 6. The van der Waals surface area contributed by atoms with E-state index in [2.05, 4.69) is 36.3 Å². The lowest BCUT2D eigenvalue weighted by atomic mass is 9.92. The number of nitrogens with one attached hydrogen (secondary N) is 2. The number of carbonyl (C=O) groups is 1. The first-order valence-electron chi connectivity index (χ1n) is 9.92. The van der Waals surface area contributed by atoms with Crippen LogP contribution in [0.25, 0.3) is 0 Å². The molecule has 2 aromatic rings. The third-order valence-corrected chi connectivity index (χ3v) is 5.90. The van der Waals surface area contributed by atoms with Crippen LogP contribution in [0.15, 0.2) is 6.07 Å². The van der Waals surface area contributed by atoms with Crippen LogP contribution in [0.3, 0.4) is 0 Å². The molecule has 1 fully saturated rings. The zero-order valence-corrected chi connectivity index (χ0v) is 17.0. The molecule has 3 N–H and O–H groups in total. The van der Waals surface area contributed by atoms with Crippen molar-refractivity contribution in [1.82, 2.24) is 20.2 Å². The number of fused-ring (bicyclic) bond motifs is 1. The van der Waals surface area contributed by atoms with Crippen molar-refractivity contribution in [3.05, 3.63) is 23.0 Å². The van der Waals surface area contributed by atoms with Crippen molar-refractivity contribution >= 4 is 23.6 Å². The summed E-state index contributed by atoms with van der Waals surface area (Å²) in [5, 5.41) is 20.6. The molecule has 8 nitrogen and oxygen atoms in total. The van der Waals surface area contributed by atoms with Gasteiger partial charge in [-0.05, 0) is 39.0 Å². The van der Waals surface area contributed by atoms with E-state index in [1.807, 2.05) is 11.0 Å². The van der Waals surface area contributed by atoms with Gasteiger partial charge in [-0.3, -0.25) is 5.10 Å². The molecule has 0 radical (unpaired) electrons. The Hall–Kier alpha value is -2.64. The Morgan fingerprint density at radius 1 is 1.29 bits per heavy atom. The minimum absolute atomic E-state index is 0.0233. The van der Waals surface area contributed by atoms with E-state index in [9.17, 15) is 9.90 Å². The largest absolute Gasteiger partial charge is 0.480 e. The zero-order chi connectivity index (χ0) is 20.1. The van der Waals surface area contributed by atoms with Crippen molar-refractivity contribution in [1.29, 1.82) is 0 Å². The van der Waals surface area contributed by atoms with Gasteiger partial charge in [0.05, 0.1) is 5.69 Å². The number of carboxylic acid groups (broad SMARTS) is 1. The SMILES string of the molecule is CC(C)(C)c1cc(Nc2nc(N3CCC[C@@]3(C)C(=O)O)nc3c2CCC3)n[nH]1. The van der Waals surface area contributed by atoms with Crippen LogP contribution in [0.1, 0.15) is 63.9 Å². The van der Waals surface area contributed by atoms with Gasteiger partial charge < -0.3 is 15.3 Å². The van der Waals surface area contributed by atoms with E-state index in [1.165, 1.54) is 0 Å². The Labute approximate surface area is 164 Å². The number of H-pyrrole nitrogens is 1. The summed E-state index contributed by atoms with van der Waals surface area (Å²) in [5.74, 6) is 1.12. The summed E-state index contributed by atoms with van der Waals surface area (Å²) in [4.78, 5) is 23.2. The lowest BCUT2D eigenvalue weighted by Crippen LogP contribution is -2.49. The monoisotopic (exact) mass is 384 g/mol. The van der Waals surface area contributed by atoms with Crippen LogP contribution in [0.5, 0.6) is 0 Å². The predicted molar refractivity (Wildman–Crippen MR) is 107 cm³/mol. The van der Waals surface area contributed by atoms with E-state index in [0.717, 1.165) is 48.5 Å². The van der Waals surface area contributed by atoms with Gasteiger partial charge in [-0.2, -0.15) is 10.1 Å². The second-order valence-corrected chi connectivity index (χ2v) is 9.03. The van der Waals surface area contributed by atoms with Crippen molar-refractivity contribution in [2.24, 2.45) is 0 Å². The van der Waals surface area contributed by atoms with E-state index in [0.29, 0.717) is 24.7 Å². The molecule has 1 aliphatic heterocycles. The Morgan fingerprint density at radius 2 is 2.07 bits per heavy atom. The van der Waals surface area contributed by atoms with E-state index in [1.54, 1.807) is 6.92 Å². The number of anilines is 3. The first-order chi connectivity index (χ1) is 13.2. The Bertz CT molecular complexity index is 916. The highest BCUT2D eigenvalue weighted by atomic mass is 16.4. The average Bonchev–Trinajstić information content (AvgIpc) is 3.33. The van der Waals surface area contributed by atoms with Gasteiger partial charge in [-0.15, -0.1) is 0 Å². The number of rotatable bonds is 4. The summed E-state index contributed by atoms with van der Waals surface area (Å²) >= 11 is 0. The normalized spacial score (nSPS) is 21.8. The molecule has 1 saturated heterocycles. The molecule has 0 aromatic carbocycles. The number of aromatic amines is 1. The first-order valence-corrected chi connectivity index (χ1v) is 9.92. The van der Waals surface area contributed by atoms with E-state index >= 15 is 0 Å². The molecular formula is C20H28N6O2. The number of aryl methyl sites for hydroxylation is 1. The average molecular weight is 384 g/mol. The fourth-order valence-electron chi connectivity index (χ4n) is 4.04. The summed E-state index contributed by atoms with van der Waals surface area (Å²) < 4.78 is 0. The van der Waals surface area contributed by atoms with Crippen LogP contribution >= 0.6 is 0 Å². The minimum Gasteiger partial charge on any atom is -0.480 e. The molecule has 150 valence electrons. The third-order valence-electron chi connectivity index (χ3n) is 5.90. The molecule has 0 saturated carbocycles. The van der Waals surface area contributed by atoms with Gasteiger partial charge in [0, 0.05) is 29.3 Å². The quantitative estimate of drug-likeness (QED) is 0.743. The first kappa shape index (κ1) is 18.7. The van der Waals surface area contributed by atoms with Crippen LogP contribution in [0, 0.1) is 0 Å². The van der Waals surface area contributed by atoms with E-state index in [4.69, 9.17) is 9.97 Å². The number of aliphatic carboxylic acids is 1. The zero-order valence-electron chi connectivity index (χ0n) is 17.0. The van der Waals surface area contributed by atoms with Crippen LogP contribution < -0.4 is 10.2 Å². The molecular weight excluding hydrogens is 356 g/mol. The van der Waals surface area contributed by atoms with Crippen LogP contribution in [-0.2, 0) is 23.1 Å². The van der Waals surface area contributed by atoms with E-state index < -0.39 is 11.5 Å². The lowest BCUT2D eigenvalue weighted by molar-refractivity contribution is -0.142. The maximum atomic E-state index is 11.9.